The van der Waals surface area contributed by atoms with Crippen molar-refractivity contribution >= 4 is 31.9 Å². The summed E-state index contributed by atoms with van der Waals surface area (Å²) in [6.45, 7) is 6.33. The van der Waals surface area contributed by atoms with Crippen molar-refractivity contribution in [3.05, 3.63) is 22.8 Å². The lowest BCUT2D eigenvalue weighted by Crippen LogP contribution is -2.35. The number of pyridine rings is 1. The molecule has 6 nitrogen and oxygen atoms in total. The molecule has 0 aromatic carbocycles. The van der Waals surface area contributed by atoms with Gasteiger partial charge in [-0.25, -0.2) is 18.2 Å². The second-order valence-electron chi connectivity index (χ2n) is 6.66. The molecule has 0 N–H and O–H groups in total. The smallest absolute Gasteiger partial charge is 0.410 e. The molecule has 2 heterocycles. The van der Waals surface area contributed by atoms with Crippen LogP contribution in [0.4, 0.5) is 4.79 Å². The molecule has 1 fully saturated rings. The van der Waals surface area contributed by atoms with Crippen LogP contribution in [0.5, 0.6) is 0 Å². The van der Waals surface area contributed by atoms with Gasteiger partial charge in [-0.15, -0.1) is 0 Å². The molecule has 0 aliphatic carbocycles. The third kappa shape index (κ3) is 5.17. The predicted octanol–water partition coefficient (Wildman–Crippen LogP) is 2.87. The number of aromatic nitrogens is 1. The minimum atomic E-state index is -3.47. The van der Waals surface area contributed by atoms with Gasteiger partial charge in [0.2, 0.25) is 0 Å². The van der Waals surface area contributed by atoms with E-state index in [0.29, 0.717) is 24.1 Å². The summed E-state index contributed by atoms with van der Waals surface area (Å²) in [5, 5.41) is 0.0580. The first kappa shape index (κ1) is 18.2. The van der Waals surface area contributed by atoms with Crippen LogP contribution in [-0.4, -0.2) is 48.8 Å². The fourth-order valence-corrected chi connectivity index (χ4v) is 4.47. The number of halogens is 1. The lowest BCUT2D eigenvalue weighted by atomic mass is 10.2. The quantitative estimate of drug-likeness (QED) is 0.723. The van der Waals surface area contributed by atoms with Crippen LogP contribution in [0.25, 0.3) is 0 Å². The number of hydrogen-bond donors (Lipinski definition) is 0. The van der Waals surface area contributed by atoms with Crippen LogP contribution < -0.4 is 0 Å². The van der Waals surface area contributed by atoms with E-state index in [0.717, 1.165) is 0 Å². The van der Waals surface area contributed by atoms with E-state index in [9.17, 15) is 13.2 Å². The van der Waals surface area contributed by atoms with Crippen LogP contribution in [0.15, 0.2) is 27.8 Å². The fourth-order valence-electron chi connectivity index (χ4n) is 2.42. The Kier molecular flexibility index (Phi) is 5.35. The number of rotatable bonds is 3. The van der Waals surface area contributed by atoms with Gasteiger partial charge < -0.3 is 9.64 Å². The van der Waals surface area contributed by atoms with Crippen molar-refractivity contribution < 1.29 is 17.9 Å². The third-order valence-electron chi connectivity index (χ3n) is 3.40. The first-order valence-electron chi connectivity index (χ1n) is 7.40. The predicted molar refractivity (Wildman–Crippen MR) is 89.9 cm³/mol. The van der Waals surface area contributed by atoms with Crippen LogP contribution in [0.3, 0.4) is 0 Å². The van der Waals surface area contributed by atoms with Gasteiger partial charge in [-0.2, -0.15) is 0 Å². The van der Waals surface area contributed by atoms with E-state index < -0.39 is 21.5 Å². The fraction of sp³-hybridized carbons (Fsp3) is 0.600. The summed E-state index contributed by atoms with van der Waals surface area (Å²) in [5.41, 5.74) is -0.554. The molecule has 0 spiro atoms. The summed E-state index contributed by atoms with van der Waals surface area (Å²) in [6, 6.07) is 4.81. The van der Waals surface area contributed by atoms with Gasteiger partial charge in [0, 0.05) is 13.1 Å². The largest absolute Gasteiger partial charge is 0.444 e. The van der Waals surface area contributed by atoms with E-state index in [-0.39, 0.29) is 16.7 Å². The molecule has 0 saturated carbocycles. The van der Waals surface area contributed by atoms with E-state index in [1.807, 2.05) is 20.8 Å². The maximum absolute atomic E-state index is 12.4. The Bertz CT molecular complexity index is 685. The van der Waals surface area contributed by atoms with Crippen LogP contribution in [-0.2, 0) is 14.6 Å². The molecule has 23 heavy (non-hydrogen) atoms. The molecule has 1 aliphatic rings. The highest BCUT2D eigenvalue weighted by atomic mass is 79.9. The van der Waals surface area contributed by atoms with Crippen molar-refractivity contribution in [1.29, 1.82) is 0 Å². The molecule has 1 aromatic heterocycles. The topological polar surface area (TPSA) is 76.6 Å². The molecule has 1 aliphatic heterocycles. The summed E-state index contributed by atoms with van der Waals surface area (Å²) >= 11 is 3.18. The van der Waals surface area contributed by atoms with Crippen molar-refractivity contribution in [2.75, 3.05) is 18.8 Å². The number of sulfone groups is 1. The van der Waals surface area contributed by atoms with Crippen LogP contribution in [0, 0.1) is 5.92 Å². The van der Waals surface area contributed by atoms with Gasteiger partial charge in [0.1, 0.15) is 10.2 Å². The highest BCUT2D eigenvalue weighted by Crippen LogP contribution is 2.23. The van der Waals surface area contributed by atoms with Gasteiger partial charge >= 0.3 is 6.09 Å². The Labute approximate surface area is 145 Å². The molecule has 8 heteroatoms. The molecule has 2 rings (SSSR count). The standard InChI is InChI=1S/C15H21BrN2O4S/c1-15(2,3)22-14(19)18-8-7-11(9-18)10-23(20,21)13-6-4-5-12(16)17-13/h4-6,11H,7-10H2,1-3H3/t11-/m0/s1. The number of carbonyl (C=O) groups excluding carboxylic acids is 1. The van der Waals surface area contributed by atoms with Gasteiger partial charge in [0.25, 0.3) is 0 Å². The molecular weight excluding hydrogens is 384 g/mol. The zero-order chi connectivity index (χ0) is 17.3. The van der Waals surface area contributed by atoms with Crippen LogP contribution in [0.2, 0.25) is 0 Å². The maximum Gasteiger partial charge on any atom is 0.410 e. The average molecular weight is 405 g/mol. The molecule has 0 radical (unpaired) electrons. The summed E-state index contributed by atoms with van der Waals surface area (Å²) in [4.78, 5) is 17.6. The minimum absolute atomic E-state index is 0.0181. The van der Waals surface area contributed by atoms with Crippen molar-refractivity contribution in [3.63, 3.8) is 0 Å². The van der Waals surface area contributed by atoms with Gasteiger partial charge in [0.05, 0.1) is 5.75 Å². The Morgan fingerprint density at radius 1 is 1.43 bits per heavy atom. The van der Waals surface area contributed by atoms with Gasteiger partial charge in [-0.1, -0.05) is 6.07 Å². The van der Waals surface area contributed by atoms with Crippen LogP contribution >= 0.6 is 15.9 Å². The second-order valence-corrected chi connectivity index (χ2v) is 9.45. The minimum Gasteiger partial charge on any atom is -0.444 e. The molecule has 0 unspecified atom stereocenters. The molecule has 1 aromatic rings. The van der Waals surface area contributed by atoms with E-state index in [4.69, 9.17) is 4.74 Å². The molecule has 0 bridgehead atoms. The number of likely N-dealkylation sites (tertiary alicyclic amines) is 1. The molecule has 1 atom stereocenters. The van der Waals surface area contributed by atoms with Gasteiger partial charge in [-0.05, 0) is 61.2 Å². The number of nitrogens with zero attached hydrogens (tertiary/aromatic N) is 2. The number of amides is 1. The average Bonchev–Trinajstić information content (AvgIpc) is 2.84. The second kappa shape index (κ2) is 6.76. The summed E-state index contributed by atoms with van der Waals surface area (Å²) < 4.78 is 30.7. The molecule has 128 valence electrons. The SMILES string of the molecule is CC(C)(C)OC(=O)N1CC[C@H](CS(=O)(=O)c2cccc(Br)n2)C1. The zero-order valence-electron chi connectivity index (χ0n) is 13.5. The highest BCUT2D eigenvalue weighted by Gasteiger charge is 2.33. The lowest BCUT2D eigenvalue weighted by Gasteiger charge is -2.24. The van der Waals surface area contributed by atoms with E-state index in [1.54, 1.807) is 17.0 Å². The van der Waals surface area contributed by atoms with E-state index in [2.05, 4.69) is 20.9 Å². The van der Waals surface area contributed by atoms with E-state index >= 15 is 0 Å². The molecular formula is C15H21BrN2O4S. The van der Waals surface area contributed by atoms with Crippen molar-refractivity contribution in [2.45, 2.75) is 37.8 Å². The first-order valence-corrected chi connectivity index (χ1v) is 9.84. The van der Waals surface area contributed by atoms with Crippen molar-refractivity contribution in [1.82, 2.24) is 9.88 Å². The zero-order valence-corrected chi connectivity index (χ0v) is 15.9. The monoisotopic (exact) mass is 404 g/mol. The summed E-state index contributed by atoms with van der Waals surface area (Å²) in [6.07, 6.45) is 0.255. The van der Waals surface area contributed by atoms with Crippen molar-refractivity contribution in [3.8, 4) is 0 Å². The third-order valence-corrected chi connectivity index (χ3v) is 5.62. The number of hydrogen-bond acceptors (Lipinski definition) is 5. The van der Waals surface area contributed by atoms with E-state index in [1.165, 1.54) is 6.07 Å². The molecule has 1 saturated heterocycles. The Balaban J connectivity index is 1.99. The number of ether oxygens (including phenoxy) is 1. The van der Waals surface area contributed by atoms with Crippen LogP contribution in [0.1, 0.15) is 27.2 Å². The molecule has 1 amide bonds. The first-order chi connectivity index (χ1) is 10.6. The summed E-state index contributed by atoms with van der Waals surface area (Å²) in [7, 11) is -3.47. The maximum atomic E-state index is 12.4. The van der Waals surface area contributed by atoms with Gasteiger partial charge in [0.15, 0.2) is 14.9 Å². The highest BCUT2D eigenvalue weighted by molar-refractivity contribution is 9.10. The lowest BCUT2D eigenvalue weighted by molar-refractivity contribution is 0.0289. The van der Waals surface area contributed by atoms with Crippen molar-refractivity contribution in [2.24, 2.45) is 5.92 Å². The Morgan fingerprint density at radius 3 is 2.74 bits per heavy atom. The Hall–Kier alpha value is -1.15. The normalized spacial score (nSPS) is 19.0. The van der Waals surface area contributed by atoms with Gasteiger partial charge in [-0.3, -0.25) is 0 Å². The Morgan fingerprint density at radius 2 is 2.13 bits per heavy atom. The summed E-state index contributed by atoms with van der Waals surface area (Å²) in [5.74, 6) is -0.122. The number of carbonyl (C=O) groups is 1.